The van der Waals surface area contributed by atoms with Crippen molar-refractivity contribution < 1.29 is 17.2 Å². The number of hydrogen-bond donors (Lipinski definition) is 2. The lowest BCUT2D eigenvalue weighted by Gasteiger charge is -2.11. The maximum absolute atomic E-state index is 14.6. The maximum Gasteiger partial charge on any atom is 0.422 e. The van der Waals surface area contributed by atoms with Crippen molar-refractivity contribution in [3.63, 3.8) is 0 Å². The van der Waals surface area contributed by atoms with E-state index >= 15 is 0 Å². The Morgan fingerprint density at radius 2 is 2.04 bits per heavy atom. The minimum absolute atomic E-state index is 0.0578. The molecule has 0 amide bonds. The summed E-state index contributed by atoms with van der Waals surface area (Å²) in [6.07, 6.45) is 0. The lowest BCUT2D eigenvalue weighted by molar-refractivity contribution is 0.466. The summed E-state index contributed by atoms with van der Waals surface area (Å²) in [5.74, 6) is -1.86. The van der Waals surface area contributed by atoms with Crippen LogP contribution in [0.2, 0.25) is 0 Å². The normalized spacial score (nSPS) is 11.6. The molecule has 1 aromatic heterocycles. The van der Waals surface area contributed by atoms with E-state index in [1.165, 1.54) is 43.4 Å². The number of fused-ring (bicyclic) bond motifs is 1. The molecule has 135 valence electrons. The molecule has 0 saturated carbocycles. The summed E-state index contributed by atoms with van der Waals surface area (Å²) in [5, 5.41) is 0.149. The molecule has 0 saturated heterocycles. The number of halogens is 1. The molecule has 0 aliphatic heterocycles. The largest absolute Gasteiger partial charge is 0.422 e. The summed E-state index contributed by atoms with van der Waals surface area (Å²) in [6.45, 7) is -0.420. The summed E-state index contributed by atoms with van der Waals surface area (Å²) in [7, 11) is -2.75. The molecule has 0 spiro atoms. The van der Waals surface area contributed by atoms with Gasteiger partial charge in [-0.05, 0) is 24.3 Å². The SMILES string of the molecule is CNS(=O)(=O)Nc1cccc(Cn2c(=O)oc3c[c]ccc3c2=O)c1F. The van der Waals surface area contributed by atoms with E-state index in [0.717, 1.165) is 4.57 Å². The van der Waals surface area contributed by atoms with E-state index in [0.29, 0.717) is 0 Å². The van der Waals surface area contributed by atoms with Crippen LogP contribution in [0.3, 0.4) is 0 Å². The number of nitrogens with one attached hydrogen (secondary N) is 2. The van der Waals surface area contributed by atoms with Gasteiger partial charge in [0.15, 0.2) is 5.82 Å². The van der Waals surface area contributed by atoms with Crippen molar-refractivity contribution in [1.29, 1.82) is 0 Å². The van der Waals surface area contributed by atoms with E-state index in [1.54, 1.807) is 0 Å². The van der Waals surface area contributed by atoms with Gasteiger partial charge in [-0.2, -0.15) is 8.42 Å². The minimum atomic E-state index is -3.92. The van der Waals surface area contributed by atoms with Crippen molar-refractivity contribution in [2.24, 2.45) is 0 Å². The van der Waals surface area contributed by atoms with Crippen LogP contribution in [0.15, 0.2) is 50.4 Å². The van der Waals surface area contributed by atoms with E-state index in [9.17, 15) is 22.4 Å². The third kappa shape index (κ3) is 3.37. The van der Waals surface area contributed by atoms with Gasteiger partial charge in [-0.1, -0.05) is 18.2 Å². The Labute approximate surface area is 147 Å². The Kier molecular flexibility index (Phi) is 4.62. The van der Waals surface area contributed by atoms with Gasteiger partial charge in [-0.3, -0.25) is 9.52 Å². The fourth-order valence-electron chi connectivity index (χ4n) is 2.34. The molecular weight excluding hydrogens is 365 g/mol. The highest BCUT2D eigenvalue weighted by Gasteiger charge is 2.16. The Bertz CT molecular complexity index is 1200. The number of aromatic nitrogens is 1. The molecule has 3 aromatic rings. The van der Waals surface area contributed by atoms with Crippen molar-refractivity contribution in [3.8, 4) is 0 Å². The highest BCUT2D eigenvalue weighted by atomic mass is 32.2. The van der Waals surface area contributed by atoms with Crippen LogP contribution >= 0.6 is 0 Å². The second-order valence-electron chi connectivity index (χ2n) is 5.27. The molecule has 0 atom stereocenters. The van der Waals surface area contributed by atoms with Crippen molar-refractivity contribution in [2.75, 3.05) is 11.8 Å². The first-order valence-electron chi connectivity index (χ1n) is 7.35. The number of benzene rings is 2. The average molecular weight is 378 g/mol. The van der Waals surface area contributed by atoms with Crippen LogP contribution in [0.4, 0.5) is 10.1 Å². The molecule has 2 N–H and O–H groups in total. The standard InChI is InChI=1S/C16H13FN3O5S/c1-18-26(23,24)19-12-7-4-5-10(14(12)17)9-20-15(21)11-6-2-3-8-13(11)25-16(20)22/h2,4-8,18-19H,9H2,1H3. The van der Waals surface area contributed by atoms with Gasteiger partial charge >= 0.3 is 5.76 Å². The summed E-state index contributed by atoms with van der Waals surface area (Å²) in [4.78, 5) is 24.5. The van der Waals surface area contributed by atoms with Crippen molar-refractivity contribution in [3.05, 3.63) is 74.7 Å². The second-order valence-corrected chi connectivity index (χ2v) is 6.89. The molecule has 0 aliphatic rings. The number of anilines is 1. The van der Waals surface area contributed by atoms with Crippen LogP contribution in [0.5, 0.6) is 0 Å². The third-order valence-electron chi connectivity index (χ3n) is 3.64. The first-order chi connectivity index (χ1) is 12.3. The first kappa shape index (κ1) is 17.8. The zero-order valence-corrected chi connectivity index (χ0v) is 14.3. The van der Waals surface area contributed by atoms with Gasteiger partial charge in [0.2, 0.25) is 0 Å². The van der Waals surface area contributed by atoms with Crippen LogP contribution in [0.1, 0.15) is 5.56 Å². The Hall–Kier alpha value is -2.98. The molecule has 1 radical (unpaired) electrons. The third-order valence-corrected chi connectivity index (χ3v) is 4.67. The van der Waals surface area contributed by atoms with E-state index in [1.807, 2.05) is 9.44 Å². The monoisotopic (exact) mass is 378 g/mol. The summed E-state index contributed by atoms with van der Waals surface area (Å²) < 4.78 is 47.5. The van der Waals surface area contributed by atoms with Crippen molar-refractivity contribution in [1.82, 2.24) is 9.29 Å². The predicted molar refractivity (Wildman–Crippen MR) is 92.7 cm³/mol. The van der Waals surface area contributed by atoms with Gasteiger partial charge in [0.1, 0.15) is 5.58 Å². The smallest absolute Gasteiger partial charge is 0.409 e. The van der Waals surface area contributed by atoms with Gasteiger partial charge < -0.3 is 4.42 Å². The Morgan fingerprint density at radius 3 is 2.77 bits per heavy atom. The van der Waals surface area contributed by atoms with Gasteiger partial charge in [0.25, 0.3) is 15.8 Å². The Morgan fingerprint density at radius 1 is 1.27 bits per heavy atom. The molecule has 0 fully saturated rings. The lowest BCUT2D eigenvalue weighted by Crippen LogP contribution is -2.33. The van der Waals surface area contributed by atoms with E-state index in [2.05, 4.69) is 6.07 Å². The minimum Gasteiger partial charge on any atom is -0.409 e. The summed E-state index contributed by atoms with van der Waals surface area (Å²) >= 11 is 0. The van der Waals surface area contributed by atoms with Gasteiger partial charge in [0, 0.05) is 12.6 Å². The summed E-state index contributed by atoms with van der Waals surface area (Å²) in [5.41, 5.74) is -0.942. The van der Waals surface area contributed by atoms with Crippen LogP contribution in [0, 0.1) is 11.9 Å². The van der Waals surface area contributed by atoms with E-state index in [-0.39, 0.29) is 22.2 Å². The maximum atomic E-state index is 14.6. The molecule has 10 heteroatoms. The molecule has 0 aliphatic carbocycles. The molecule has 26 heavy (non-hydrogen) atoms. The highest BCUT2D eigenvalue weighted by molar-refractivity contribution is 7.90. The van der Waals surface area contributed by atoms with Gasteiger partial charge in [-0.25, -0.2) is 18.5 Å². The van der Waals surface area contributed by atoms with Gasteiger partial charge in [-0.15, -0.1) is 0 Å². The molecule has 8 nitrogen and oxygen atoms in total. The van der Waals surface area contributed by atoms with E-state index < -0.39 is 33.9 Å². The first-order valence-corrected chi connectivity index (χ1v) is 8.83. The van der Waals surface area contributed by atoms with Gasteiger partial charge in [0.05, 0.1) is 17.6 Å². The van der Waals surface area contributed by atoms with Crippen LogP contribution in [-0.2, 0) is 16.8 Å². The van der Waals surface area contributed by atoms with Crippen molar-refractivity contribution >= 4 is 26.9 Å². The highest BCUT2D eigenvalue weighted by Crippen LogP contribution is 2.19. The number of nitrogens with zero attached hydrogens (tertiary/aromatic N) is 1. The number of hydrogen-bond acceptors (Lipinski definition) is 5. The van der Waals surface area contributed by atoms with E-state index in [4.69, 9.17) is 4.42 Å². The average Bonchev–Trinajstić information content (AvgIpc) is 2.61. The molecule has 0 unspecified atom stereocenters. The lowest BCUT2D eigenvalue weighted by atomic mass is 10.2. The number of rotatable bonds is 5. The van der Waals surface area contributed by atoms with Crippen LogP contribution in [-0.4, -0.2) is 20.0 Å². The predicted octanol–water partition coefficient (Wildman–Crippen LogP) is 0.818. The molecule has 3 rings (SSSR count). The van der Waals surface area contributed by atoms with Crippen LogP contribution < -0.4 is 20.8 Å². The Balaban J connectivity index is 2.07. The quantitative estimate of drug-likeness (QED) is 0.683. The second kappa shape index (κ2) is 6.73. The fraction of sp³-hybridized carbons (Fsp3) is 0.125. The summed E-state index contributed by atoms with van der Waals surface area (Å²) in [6, 6.07) is 10.9. The molecule has 1 heterocycles. The zero-order chi connectivity index (χ0) is 18.9. The zero-order valence-electron chi connectivity index (χ0n) is 13.4. The molecular formula is C16H13FN3O5S. The topological polar surface area (TPSA) is 110 Å². The fourth-order valence-corrected chi connectivity index (χ4v) is 2.89. The van der Waals surface area contributed by atoms with Crippen LogP contribution in [0.25, 0.3) is 11.0 Å². The molecule has 0 bridgehead atoms. The van der Waals surface area contributed by atoms with Crippen molar-refractivity contribution in [2.45, 2.75) is 6.54 Å². The molecule has 2 aromatic carbocycles.